The Morgan fingerprint density at radius 1 is 0.846 bits per heavy atom. The van der Waals surface area contributed by atoms with Gasteiger partial charge in [0, 0.05) is 29.7 Å². The first kappa shape index (κ1) is 24.9. The summed E-state index contributed by atoms with van der Waals surface area (Å²) in [4.78, 5) is 3.03. The molecule has 2 heterocycles. The molecular weight excluding hydrogens is 474 g/mol. The van der Waals surface area contributed by atoms with Crippen molar-refractivity contribution in [3.63, 3.8) is 0 Å². The normalized spacial score (nSPS) is 38.9. The summed E-state index contributed by atoms with van der Waals surface area (Å²) >= 11 is 0. The lowest BCUT2D eigenvalue weighted by atomic mass is 9.69. The van der Waals surface area contributed by atoms with Crippen molar-refractivity contribution in [3.8, 4) is 0 Å². The van der Waals surface area contributed by atoms with Gasteiger partial charge in [0.1, 0.15) is 6.29 Å². The molecule has 2 N–H and O–H groups in total. The van der Waals surface area contributed by atoms with Crippen LogP contribution in [0.1, 0.15) is 109 Å². The molecule has 0 aromatic rings. The fourth-order valence-corrected chi connectivity index (χ4v) is 10.1. The average molecular weight is 524 g/mol. The van der Waals surface area contributed by atoms with E-state index in [0.29, 0.717) is 24.0 Å². The maximum absolute atomic E-state index is 4.33. The van der Waals surface area contributed by atoms with Crippen molar-refractivity contribution >= 4 is 0 Å². The summed E-state index contributed by atoms with van der Waals surface area (Å²) in [5, 5.41) is 8.51. The Labute approximate surface area is 236 Å². The monoisotopic (exact) mass is 523 g/mol. The lowest BCUT2D eigenvalue weighted by Crippen LogP contribution is -2.65. The van der Waals surface area contributed by atoms with Crippen molar-refractivity contribution in [1.29, 1.82) is 0 Å². The van der Waals surface area contributed by atoms with Crippen LogP contribution in [0.4, 0.5) is 0 Å². The minimum atomic E-state index is 0.273. The van der Waals surface area contributed by atoms with Gasteiger partial charge in [-0.05, 0) is 113 Å². The summed E-state index contributed by atoms with van der Waals surface area (Å²) in [7, 11) is 0. The van der Waals surface area contributed by atoms with Crippen LogP contribution in [0, 0.1) is 17.8 Å². The Kier molecular flexibility index (Phi) is 6.73. The van der Waals surface area contributed by atoms with E-state index in [2.05, 4.69) is 52.0 Å². The molecule has 6 unspecified atom stereocenters. The molecule has 3 heteroatoms. The van der Waals surface area contributed by atoms with Gasteiger partial charge in [0.2, 0.25) is 0 Å². The molecule has 8 rings (SSSR count). The zero-order valence-corrected chi connectivity index (χ0v) is 24.0. The van der Waals surface area contributed by atoms with E-state index in [0.717, 1.165) is 11.8 Å². The van der Waals surface area contributed by atoms with Crippen LogP contribution in [0.2, 0.25) is 0 Å². The van der Waals surface area contributed by atoms with E-state index in [4.69, 9.17) is 0 Å². The van der Waals surface area contributed by atoms with Crippen LogP contribution in [-0.2, 0) is 0 Å². The molecule has 3 nitrogen and oxygen atoms in total. The second-order valence-corrected chi connectivity index (χ2v) is 13.9. The summed E-state index contributed by atoms with van der Waals surface area (Å²) in [6, 6.07) is 1.76. The van der Waals surface area contributed by atoms with Gasteiger partial charge in [0.25, 0.3) is 0 Å². The number of hydrogen-bond acceptors (Lipinski definition) is 3. The molecular formula is C36H49N3. The highest BCUT2D eigenvalue weighted by Crippen LogP contribution is 2.54. The molecule has 0 bridgehead atoms. The average Bonchev–Trinajstić information content (AvgIpc) is 3.35. The van der Waals surface area contributed by atoms with Gasteiger partial charge in [0.05, 0.1) is 0 Å². The van der Waals surface area contributed by atoms with Crippen LogP contribution in [0.25, 0.3) is 0 Å². The number of hydrogen-bond donors (Lipinski definition) is 2. The number of allylic oxidation sites excluding steroid dienone is 8. The van der Waals surface area contributed by atoms with Gasteiger partial charge >= 0.3 is 0 Å². The van der Waals surface area contributed by atoms with Crippen LogP contribution < -0.4 is 10.6 Å². The molecule has 0 aromatic heterocycles. The van der Waals surface area contributed by atoms with E-state index >= 15 is 0 Å². The lowest BCUT2D eigenvalue weighted by Gasteiger charge is -2.48. The molecule has 0 aromatic carbocycles. The van der Waals surface area contributed by atoms with Gasteiger partial charge in [0.15, 0.2) is 0 Å². The third kappa shape index (κ3) is 4.38. The molecule has 1 saturated heterocycles. The van der Waals surface area contributed by atoms with E-state index in [1.807, 2.05) is 16.7 Å². The van der Waals surface area contributed by atoms with Gasteiger partial charge < -0.3 is 5.32 Å². The van der Waals surface area contributed by atoms with Crippen molar-refractivity contribution in [2.24, 2.45) is 17.8 Å². The molecule has 1 saturated carbocycles. The largest absolute Gasteiger partial charge is 0.360 e. The van der Waals surface area contributed by atoms with E-state index in [1.54, 1.807) is 16.8 Å². The lowest BCUT2D eigenvalue weighted by molar-refractivity contribution is 0.0470. The highest BCUT2D eigenvalue weighted by atomic mass is 15.4. The zero-order valence-electron chi connectivity index (χ0n) is 24.0. The third-order valence-electron chi connectivity index (χ3n) is 11.9. The van der Waals surface area contributed by atoms with Crippen LogP contribution in [0.5, 0.6) is 0 Å². The number of nitrogens with one attached hydrogen (secondary N) is 2. The van der Waals surface area contributed by atoms with Gasteiger partial charge in [-0.3, -0.25) is 10.2 Å². The first-order chi connectivity index (χ1) is 19.3. The molecule has 8 aliphatic rings. The second-order valence-electron chi connectivity index (χ2n) is 13.9. The molecule has 2 aliphatic heterocycles. The molecule has 0 radical (unpaired) electrons. The fourth-order valence-electron chi connectivity index (χ4n) is 10.1. The van der Waals surface area contributed by atoms with E-state index in [9.17, 15) is 0 Å². The Balaban J connectivity index is 1.16. The molecule has 0 amide bonds. The minimum absolute atomic E-state index is 0.273. The summed E-state index contributed by atoms with van der Waals surface area (Å²) in [5.74, 6) is 2.21. The SMILES string of the molecule is C1=CCCC(C2CC=C3C4C5=C(CCCC5)CCC4N(C4NC5=C(C=CCC5)C(C5CCCCC5)N4)C3C2)=C1. The van der Waals surface area contributed by atoms with Gasteiger partial charge in [-0.15, -0.1) is 0 Å². The van der Waals surface area contributed by atoms with Crippen LogP contribution in [0.15, 0.2) is 70.0 Å². The molecule has 0 spiro atoms. The summed E-state index contributed by atoms with van der Waals surface area (Å²) in [6.07, 6.45) is 37.9. The standard InChI is InChI=1S/C36H49N3/c1-3-11-24(12-4-1)27-19-21-30-33(23-27)39(32-22-20-25-13-7-8-16-28(25)34(30)32)36-37-31-18-10-9-17-29(31)35(38-36)26-14-5-2-6-15-26/h1,3,9,11,17,21,26-27,32-38H,2,4-8,10,12-16,18-20,22-23H2. The number of fused-ring (bicyclic) bond motifs is 4. The summed E-state index contributed by atoms with van der Waals surface area (Å²) in [6.45, 7) is 0. The number of likely N-dealkylation sites (tertiary alicyclic amines) is 1. The fraction of sp³-hybridized carbons (Fsp3) is 0.667. The zero-order chi connectivity index (χ0) is 25.8. The predicted octanol–water partition coefficient (Wildman–Crippen LogP) is 7.96. The number of rotatable bonds is 3. The van der Waals surface area contributed by atoms with Crippen LogP contribution >= 0.6 is 0 Å². The highest BCUT2D eigenvalue weighted by Gasteiger charge is 2.53. The van der Waals surface area contributed by atoms with Gasteiger partial charge in [-0.25, -0.2) is 0 Å². The third-order valence-corrected chi connectivity index (χ3v) is 11.9. The highest BCUT2D eigenvalue weighted by molar-refractivity contribution is 5.42. The smallest absolute Gasteiger partial charge is 0.135 e. The van der Waals surface area contributed by atoms with Crippen LogP contribution in [-0.4, -0.2) is 29.3 Å². The van der Waals surface area contributed by atoms with Gasteiger partial charge in [-0.2, -0.15) is 0 Å². The Hall–Kier alpha value is -1.84. The quantitative estimate of drug-likeness (QED) is 0.367. The van der Waals surface area contributed by atoms with Crippen molar-refractivity contribution in [2.45, 2.75) is 134 Å². The molecule has 6 atom stereocenters. The molecule has 6 aliphatic carbocycles. The van der Waals surface area contributed by atoms with E-state index in [-0.39, 0.29) is 6.29 Å². The summed E-state index contributed by atoms with van der Waals surface area (Å²) < 4.78 is 0. The topological polar surface area (TPSA) is 27.3 Å². The maximum atomic E-state index is 4.33. The Bertz CT molecular complexity index is 1160. The van der Waals surface area contributed by atoms with Crippen molar-refractivity contribution in [1.82, 2.24) is 15.5 Å². The van der Waals surface area contributed by atoms with E-state index in [1.165, 1.54) is 109 Å². The predicted molar refractivity (Wildman–Crippen MR) is 161 cm³/mol. The van der Waals surface area contributed by atoms with Crippen molar-refractivity contribution < 1.29 is 0 Å². The van der Waals surface area contributed by atoms with Gasteiger partial charge in [-0.1, -0.05) is 72.4 Å². The van der Waals surface area contributed by atoms with Crippen molar-refractivity contribution in [2.75, 3.05) is 0 Å². The molecule has 39 heavy (non-hydrogen) atoms. The Morgan fingerprint density at radius 2 is 1.74 bits per heavy atom. The molecule has 208 valence electrons. The summed E-state index contributed by atoms with van der Waals surface area (Å²) in [5.41, 5.74) is 10.4. The minimum Gasteiger partial charge on any atom is -0.360 e. The first-order valence-corrected chi connectivity index (χ1v) is 16.8. The molecule has 2 fully saturated rings. The second kappa shape index (κ2) is 10.5. The van der Waals surface area contributed by atoms with E-state index < -0.39 is 0 Å². The Morgan fingerprint density at radius 3 is 2.64 bits per heavy atom. The first-order valence-electron chi connectivity index (χ1n) is 16.8. The maximum Gasteiger partial charge on any atom is 0.135 e. The van der Waals surface area contributed by atoms with Crippen molar-refractivity contribution in [3.05, 3.63) is 70.0 Å². The van der Waals surface area contributed by atoms with Crippen LogP contribution in [0.3, 0.4) is 0 Å². The number of nitrogens with zero attached hydrogens (tertiary/aromatic N) is 1.